The van der Waals surface area contributed by atoms with Gasteiger partial charge in [0.25, 0.3) is 11.8 Å². The fourth-order valence-electron chi connectivity index (χ4n) is 2.98. The molecule has 1 unspecified atom stereocenters. The molecule has 1 heterocycles. The molecule has 0 bridgehead atoms. The second kappa shape index (κ2) is 8.21. The average molecular weight is 339 g/mol. The van der Waals surface area contributed by atoms with Crippen LogP contribution in [-0.4, -0.2) is 29.4 Å². The fourth-order valence-corrected chi connectivity index (χ4v) is 4.12. The number of carbonyl (C=O) groups excluding carboxylic acids is 2. The van der Waals surface area contributed by atoms with Crippen molar-refractivity contribution in [3.05, 3.63) is 65.7 Å². The number of hydrogen-bond donors (Lipinski definition) is 0. The van der Waals surface area contributed by atoms with Gasteiger partial charge in [-0.2, -0.15) is 0 Å². The maximum absolute atomic E-state index is 12.2. The molecule has 3 nitrogen and oxygen atoms in total. The Labute approximate surface area is 144 Å². The summed E-state index contributed by atoms with van der Waals surface area (Å²) in [6.45, 7) is 0.535. The molecule has 0 spiro atoms. The van der Waals surface area contributed by atoms with Gasteiger partial charge in [0.15, 0.2) is 0 Å². The first-order valence-corrected chi connectivity index (χ1v) is 9.72. The van der Waals surface area contributed by atoms with Crippen molar-refractivity contribution in [2.24, 2.45) is 0 Å². The lowest BCUT2D eigenvalue weighted by Crippen LogP contribution is -2.30. The minimum absolute atomic E-state index is 0.138. The molecule has 0 saturated heterocycles. The van der Waals surface area contributed by atoms with Crippen LogP contribution in [0.15, 0.2) is 54.6 Å². The monoisotopic (exact) mass is 339 g/mol. The van der Waals surface area contributed by atoms with Gasteiger partial charge in [0.2, 0.25) is 0 Å². The molecule has 0 aliphatic carbocycles. The van der Waals surface area contributed by atoms with Crippen molar-refractivity contribution in [2.75, 3.05) is 12.7 Å². The number of nitrogens with zero attached hydrogens (tertiary/aromatic N) is 1. The molecule has 124 valence electrons. The van der Waals surface area contributed by atoms with Gasteiger partial charge < -0.3 is 0 Å². The van der Waals surface area contributed by atoms with E-state index in [1.165, 1.54) is 22.8 Å². The number of carbonyl (C=O) groups is 2. The van der Waals surface area contributed by atoms with E-state index < -0.39 is 0 Å². The zero-order chi connectivity index (χ0) is 16.8. The van der Waals surface area contributed by atoms with Crippen molar-refractivity contribution < 1.29 is 9.59 Å². The Bertz CT molecular complexity index is 680. The smallest absolute Gasteiger partial charge is 0.261 e. The summed E-state index contributed by atoms with van der Waals surface area (Å²) in [7, 11) is 0.873. The average Bonchev–Trinajstić information content (AvgIpc) is 2.87. The Kier molecular flexibility index (Phi) is 5.77. The Balaban J connectivity index is 1.34. The molecule has 4 heteroatoms. The number of fused-ring (bicyclic) bond motifs is 1. The number of hydrogen-bond acceptors (Lipinski definition) is 2. The molecule has 0 fully saturated rings. The quantitative estimate of drug-likeness (QED) is 0.416. The van der Waals surface area contributed by atoms with E-state index in [1.807, 2.05) is 6.07 Å². The second-order valence-electron chi connectivity index (χ2n) is 6.01. The summed E-state index contributed by atoms with van der Waals surface area (Å²) in [6, 6.07) is 17.7. The van der Waals surface area contributed by atoms with Crippen LogP contribution in [0.3, 0.4) is 0 Å². The van der Waals surface area contributed by atoms with Gasteiger partial charge in [0, 0.05) is 6.54 Å². The second-order valence-corrected chi connectivity index (χ2v) is 7.45. The van der Waals surface area contributed by atoms with E-state index >= 15 is 0 Å². The lowest BCUT2D eigenvalue weighted by molar-refractivity contribution is 0.0651. The topological polar surface area (TPSA) is 37.4 Å². The van der Waals surface area contributed by atoms with Crippen molar-refractivity contribution >= 4 is 25.7 Å². The van der Waals surface area contributed by atoms with E-state index in [0.29, 0.717) is 17.7 Å². The lowest BCUT2D eigenvalue weighted by atomic mass is 10.1. The van der Waals surface area contributed by atoms with E-state index in [2.05, 4.69) is 24.3 Å². The van der Waals surface area contributed by atoms with Crippen molar-refractivity contribution in [1.82, 2.24) is 4.90 Å². The molecule has 1 aliphatic heterocycles. The molecule has 2 aromatic rings. The van der Waals surface area contributed by atoms with Crippen molar-refractivity contribution in [3.8, 4) is 0 Å². The van der Waals surface area contributed by atoms with Gasteiger partial charge >= 0.3 is 0 Å². The SMILES string of the molecule is O=C1c2ccccc2C(=O)N1CCCCCCPc1ccccc1. The van der Waals surface area contributed by atoms with Gasteiger partial charge in [-0.3, -0.25) is 14.5 Å². The van der Waals surface area contributed by atoms with Gasteiger partial charge in [-0.15, -0.1) is 0 Å². The first-order valence-electron chi connectivity index (χ1n) is 8.51. The molecule has 1 atom stereocenters. The van der Waals surface area contributed by atoms with E-state index in [4.69, 9.17) is 0 Å². The van der Waals surface area contributed by atoms with E-state index in [0.717, 1.165) is 27.8 Å². The third-order valence-electron chi connectivity index (χ3n) is 4.29. The molecule has 2 amide bonds. The van der Waals surface area contributed by atoms with Crippen LogP contribution in [0.4, 0.5) is 0 Å². The molecule has 0 aromatic heterocycles. The van der Waals surface area contributed by atoms with Crippen LogP contribution in [0.1, 0.15) is 46.4 Å². The molecular weight excluding hydrogens is 317 g/mol. The minimum Gasteiger partial charge on any atom is -0.274 e. The standard InChI is InChI=1S/C20H22NO2P/c22-19-17-12-6-7-13-18(17)20(23)21(19)14-8-1-2-9-15-24-16-10-4-3-5-11-16/h3-7,10-13,24H,1-2,8-9,14-15H2. The zero-order valence-corrected chi connectivity index (χ0v) is 14.7. The third kappa shape index (κ3) is 3.91. The summed E-state index contributed by atoms with van der Waals surface area (Å²) >= 11 is 0. The van der Waals surface area contributed by atoms with Gasteiger partial charge in [-0.25, -0.2) is 0 Å². The van der Waals surface area contributed by atoms with Gasteiger partial charge in [0.1, 0.15) is 0 Å². The highest BCUT2D eigenvalue weighted by Gasteiger charge is 2.34. The van der Waals surface area contributed by atoms with Crippen LogP contribution in [0, 0.1) is 0 Å². The van der Waals surface area contributed by atoms with Crippen molar-refractivity contribution in [2.45, 2.75) is 25.7 Å². The van der Waals surface area contributed by atoms with E-state index in [9.17, 15) is 9.59 Å². The molecule has 3 rings (SSSR count). The summed E-state index contributed by atoms with van der Waals surface area (Å²) in [4.78, 5) is 25.9. The van der Waals surface area contributed by atoms with Gasteiger partial charge in [-0.05, 0) is 36.4 Å². The van der Waals surface area contributed by atoms with Crippen LogP contribution < -0.4 is 5.30 Å². The zero-order valence-electron chi connectivity index (χ0n) is 13.7. The molecule has 1 aliphatic rings. The highest BCUT2D eigenvalue weighted by Crippen LogP contribution is 2.23. The largest absolute Gasteiger partial charge is 0.274 e. The van der Waals surface area contributed by atoms with Crippen LogP contribution >= 0.6 is 8.58 Å². The fraction of sp³-hybridized carbons (Fsp3) is 0.300. The van der Waals surface area contributed by atoms with Crippen molar-refractivity contribution in [3.63, 3.8) is 0 Å². The molecular formula is C20H22NO2P. The first kappa shape index (κ1) is 16.9. The summed E-state index contributed by atoms with van der Waals surface area (Å²) in [6.07, 6.45) is 5.53. The molecule has 2 aromatic carbocycles. The Hall–Kier alpha value is -1.99. The summed E-state index contributed by atoms with van der Waals surface area (Å²) in [5, 5.41) is 1.42. The first-order chi connectivity index (χ1) is 11.8. The third-order valence-corrected chi connectivity index (χ3v) is 5.63. The molecule has 0 radical (unpaired) electrons. The maximum Gasteiger partial charge on any atom is 0.261 e. The minimum atomic E-state index is -0.138. The van der Waals surface area contributed by atoms with E-state index in [-0.39, 0.29) is 11.8 Å². The normalized spacial score (nSPS) is 13.9. The summed E-state index contributed by atoms with van der Waals surface area (Å²) < 4.78 is 0. The molecule has 0 saturated carbocycles. The number of benzene rings is 2. The van der Waals surface area contributed by atoms with Crippen LogP contribution in [0.2, 0.25) is 0 Å². The van der Waals surface area contributed by atoms with Crippen molar-refractivity contribution in [1.29, 1.82) is 0 Å². The number of rotatable bonds is 8. The van der Waals surface area contributed by atoms with Crippen LogP contribution in [0.25, 0.3) is 0 Å². The number of imide groups is 1. The summed E-state index contributed by atoms with van der Waals surface area (Å²) in [5.74, 6) is -0.276. The Morgan fingerprint density at radius 2 is 1.29 bits per heavy atom. The number of unbranched alkanes of at least 4 members (excludes halogenated alkanes) is 3. The molecule has 24 heavy (non-hydrogen) atoms. The number of amides is 2. The highest BCUT2D eigenvalue weighted by molar-refractivity contribution is 7.47. The van der Waals surface area contributed by atoms with Gasteiger partial charge in [-0.1, -0.05) is 63.9 Å². The maximum atomic E-state index is 12.2. The Morgan fingerprint density at radius 1 is 0.708 bits per heavy atom. The van der Waals surface area contributed by atoms with Gasteiger partial charge in [0.05, 0.1) is 11.1 Å². The lowest BCUT2D eigenvalue weighted by Gasteiger charge is -2.13. The summed E-state index contributed by atoms with van der Waals surface area (Å²) in [5.41, 5.74) is 1.10. The predicted octanol–water partition coefficient (Wildman–Crippen LogP) is 3.85. The highest BCUT2D eigenvalue weighted by atomic mass is 31.1. The predicted molar refractivity (Wildman–Crippen MR) is 99.5 cm³/mol. The van der Waals surface area contributed by atoms with E-state index in [1.54, 1.807) is 24.3 Å². The van der Waals surface area contributed by atoms with Crippen LogP contribution in [0.5, 0.6) is 0 Å². The Morgan fingerprint density at radius 3 is 1.96 bits per heavy atom. The molecule has 0 N–H and O–H groups in total. The van der Waals surface area contributed by atoms with Crippen LogP contribution in [-0.2, 0) is 0 Å².